The third-order valence-corrected chi connectivity index (χ3v) is 1.38. The maximum Gasteiger partial charge on any atom is 0.282 e. The summed E-state index contributed by atoms with van der Waals surface area (Å²) >= 11 is 0. The summed E-state index contributed by atoms with van der Waals surface area (Å²) in [5.41, 5.74) is 5.38. The second-order valence-corrected chi connectivity index (χ2v) is 2.31. The Morgan fingerprint density at radius 3 is 3.00 bits per heavy atom. The average Bonchev–Trinajstić information content (AvgIpc) is 2.29. The first-order valence-electron chi connectivity index (χ1n) is 3.23. The van der Waals surface area contributed by atoms with Gasteiger partial charge in [0.15, 0.2) is 5.52 Å². The third-order valence-electron chi connectivity index (χ3n) is 1.38. The molecule has 0 unspecified atom stereocenters. The lowest BCUT2D eigenvalue weighted by atomic mass is 10.5. The van der Waals surface area contributed by atoms with Crippen LogP contribution in [0.3, 0.4) is 0 Å². The number of nitrogens with zero attached hydrogens (tertiary/aromatic N) is 4. The maximum absolute atomic E-state index is 11.1. The van der Waals surface area contributed by atoms with Crippen LogP contribution in [0.25, 0.3) is 11.2 Å². The SMILES string of the molecule is Cn1nc2nc(N)[nH]c(=O)c2n1. The molecule has 12 heavy (non-hydrogen) atoms. The molecule has 3 N–H and O–H groups in total. The van der Waals surface area contributed by atoms with Crippen LogP contribution in [-0.2, 0) is 7.05 Å². The molecule has 2 heterocycles. The Morgan fingerprint density at radius 2 is 2.25 bits per heavy atom. The van der Waals surface area contributed by atoms with Crippen molar-refractivity contribution in [1.29, 1.82) is 0 Å². The van der Waals surface area contributed by atoms with E-state index in [0.29, 0.717) is 0 Å². The van der Waals surface area contributed by atoms with Crippen molar-refractivity contribution in [3.05, 3.63) is 10.4 Å². The standard InChI is InChI=1S/C5H6N6O/c1-11-9-2-3(10-11)7-5(6)8-4(2)12/h1H3,(H3,6,7,8,10,12). The molecule has 0 atom stereocenters. The van der Waals surface area contributed by atoms with Crippen LogP contribution in [0.1, 0.15) is 0 Å². The summed E-state index contributed by atoms with van der Waals surface area (Å²) in [7, 11) is 1.61. The van der Waals surface area contributed by atoms with Crippen LogP contribution in [0.15, 0.2) is 4.79 Å². The first kappa shape index (κ1) is 6.77. The minimum atomic E-state index is -0.370. The predicted octanol–water partition coefficient (Wildman–Crippen LogP) is -1.37. The second kappa shape index (κ2) is 2.03. The van der Waals surface area contributed by atoms with E-state index in [1.165, 1.54) is 4.80 Å². The van der Waals surface area contributed by atoms with Crippen LogP contribution < -0.4 is 11.3 Å². The number of nitrogens with one attached hydrogen (secondary N) is 1. The Hall–Kier alpha value is -1.92. The minimum Gasteiger partial charge on any atom is -0.369 e. The molecular weight excluding hydrogens is 160 g/mol. The normalized spacial score (nSPS) is 10.8. The van der Waals surface area contributed by atoms with Crippen LogP contribution in [0.2, 0.25) is 0 Å². The minimum absolute atomic E-state index is 0.0491. The predicted molar refractivity (Wildman–Crippen MR) is 41.3 cm³/mol. The Balaban J connectivity index is 2.98. The zero-order valence-electron chi connectivity index (χ0n) is 6.27. The van der Waals surface area contributed by atoms with Crippen molar-refractivity contribution < 1.29 is 0 Å². The van der Waals surface area contributed by atoms with Crippen LogP contribution in [0, 0.1) is 0 Å². The molecule has 0 aliphatic rings. The van der Waals surface area contributed by atoms with Gasteiger partial charge in [-0.05, 0) is 0 Å². The average molecular weight is 166 g/mol. The van der Waals surface area contributed by atoms with Crippen molar-refractivity contribution in [1.82, 2.24) is 25.0 Å². The molecule has 2 rings (SSSR count). The molecule has 0 bridgehead atoms. The van der Waals surface area contributed by atoms with Gasteiger partial charge < -0.3 is 5.73 Å². The molecule has 2 aromatic rings. The molecule has 0 aromatic carbocycles. The molecule has 0 aliphatic heterocycles. The molecule has 0 saturated carbocycles. The van der Waals surface area contributed by atoms with Gasteiger partial charge in [0.2, 0.25) is 11.6 Å². The number of aryl methyl sites for hydroxylation is 1. The van der Waals surface area contributed by atoms with Crippen molar-refractivity contribution in [3.8, 4) is 0 Å². The van der Waals surface area contributed by atoms with Crippen molar-refractivity contribution in [2.45, 2.75) is 0 Å². The summed E-state index contributed by atoms with van der Waals surface area (Å²) in [5, 5.41) is 7.63. The Bertz CT molecular complexity index is 482. The molecule has 2 aromatic heterocycles. The Kier molecular flexibility index (Phi) is 1.15. The molecule has 0 saturated heterocycles. The number of rotatable bonds is 0. The van der Waals surface area contributed by atoms with Crippen molar-refractivity contribution in [2.24, 2.45) is 7.05 Å². The molecular formula is C5H6N6O. The highest BCUT2D eigenvalue weighted by atomic mass is 16.1. The number of hydrogen-bond donors (Lipinski definition) is 2. The molecule has 0 radical (unpaired) electrons. The van der Waals surface area contributed by atoms with E-state index in [4.69, 9.17) is 5.73 Å². The van der Waals surface area contributed by atoms with Crippen LogP contribution >= 0.6 is 0 Å². The van der Waals surface area contributed by atoms with E-state index in [-0.39, 0.29) is 22.7 Å². The number of anilines is 1. The third kappa shape index (κ3) is 0.831. The van der Waals surface area contributed by atoms with Gasteiger partial charge in [0, 0.05) is 7.05 Å². The quantitative estimate of drug-likeness (QED) is 0.502. The lowest BCUT2D eigenvalue weighted by Crippen LogP contribution is -2.11. The molecule has 7 heteroatoms. The monoisotopic (exact) mass is 166 g/mol. The van der Waals surface area contributed by atoms with Gasteiger partial charge in [0.25, 0.3) is 5.56 Å². The lowest BCUT2D eigenvalue weighted by molar-refractivity contribution is 0.663. The topological polar surface area (TPSA) is 102 Å². The number of aromatic amines is 1. The second-order valence-electron chi connectivity index (χ2n) is 2.31. The van der Waals surface area contributed by atoms with Gasteiger partial charge in [-0.3, -0.25) is 9.78 Å². The molecule has 7 nitrogen and oxygen atoms in total. The molecule has 62 valence electrons. The fourth-order valence-electron chi connectivity index (χ4n) is 0.936. The number of hydrogen-bond acceptors (Lipinski definition) is 5. The maximum atomic E-state index is 11.1. The van der Waals surface area contributed by atoms with Gasteiger partial charge in [-0.1, -0.05) is 0 Å². The highest BCUT2D eigenvalue weighted by molar-refractivity contribution is 5.68. The van der Waals surface area contributed by atoms with Gasteiger partial charge in [0.05, 0.1) is 0 Å². The summed E-state index contributed by atoms with van der Waals surface area (Å²) < 4.78 is 0. The van der Waals surface area contributed by atoms with E-state index in [1.807, 2.05) is 0 Å². The molecule has 0 fully saturated rings. The van der Waals surface area contributed by atoms with Gasteiger partial charge in [-0.25, -0.2) is 0 Å². The van der Waals surface area contributed by atoms with Crippen LogP contribution in [0.5, 0.6) is 0 Å². The zero-order valence-corrected chi connectivity index (χ0v) is 6.27. The summed E-state index contributed by atoms with van der Waals surface area (Å²) in [5.74, 6) is 0.0491. The fraction of sp³-hybridized carbons (Fsp3) is 0.200. The summed E-state index contributed by atoms with van der Waals surface area (Å²) in [4.78, 5) is 18.5. The number of H-pyrrole nitrogens is 1. The number of nitrogens with two attached hydrogens (primary N) is 1. The van der Waals surface area contributed by atoms with Crippen molar-refractivity contribution >= 4 is 17.1 Å². The molecule has 0 aliphatic carbocycles. The number of fused-ring (bicyclic) bond motifs is 1. The smallest absolute Gasteiger partial charge is 0.282 e. The summed E-state index contributed by atoms with van der Waals surface area (Å²) in [6, 6.07) is 0. The van der Waals surface area contributed by atoms with E-state index >= 15 is 0 Å². The fourth-order valence-corrected chi connectivity index (χ4v) is 0.936. The zero-order chi connectivity index (χ0) is 8.72. The first-order chi connectivity index (χ1) is 5.66. The Labute approximate surface area is 66.2 Å². The lowest BCUT2D eigenvalue weighted by Gasteiger charge is -1.87. The van der Waals surface area contributed by atoms with E-state index in [0.717, 1.165) is 0 Å². The largest absolute Gasteiger partial charge is 0.369 e. The molecule has 0 spiro atoms. The van der Waals surface area contributed by atoms with Gasteiger partial charge in [-0.2, -0.15) is 9.78 Å². The Morgan fingerprint density at radius 1 is 1.50 bits per heavy atom. The van der Waals surface area contributed by atoms with E-state index in [9.17, 15) is 4.79 Å². The van der Waals surface area contributed by atoms with E-state index < -0.39 is 0 Å². The van der Waals surface area contributed by atoms with Gasteiger partial charge >= 0.3 is 0 Å². The number of nitrogen functional groups attached to an aromatic ring is 1. The highest BCUT2D eigenvalue weighted by Gasteiger charge is 2.06. The van der Waals surface area contributed by atoms with Crippen LogP contribution in [-0.4, -0.2) is 25.0 Å². The number of aromatic nitrogens is 5. The summed E-state index contributed by atoms with van der Waals surface area (Å²) in [6.07, 6.45) is 0. The van der Waals surface area contributed by atoms with E-state index in [1.54, 1.807) is 7.05 Å². The van der Waals surface area contributed by atoms with Crippen molar-refractivity contribution in [2.75, 3.05) is 5.73 Å². The van der Waals surface area contributed by atoms with Gasteiger partial charge in [0.1, 0.15) is 0 Å². The van der Waals surface area contributed by atoms with Gasteiger partial charge in [-0.15, -0.1) is 10.2 Å². The van der Waals surface area contributed by atoms with E-state index in [2.05, 4.69) is 20.2 Å². The van der Waals surface area contributed by atoms with Crippen molar-refractivity contribution in [3.63, 3.8) is 0 Å². The highest BCUT2D eigenvalue weighted by Crippen LogP contribution is 1.98. The molecule has 0 amide bonds. The first-order valence-corrected chi connectivity index (χ1v) is 3.23. The van der Waals surface area contributed by atoms with Crippen LogP contribution in [0.4, 0.5) is 5.95 Å². The summed E-state index contributed by atoms with van der Waals surface area (Å²) in [6.45, 7) is 0.